The maximum Gasteiger partial charge on any atom is 0.224 e. The van der Waals surface area contributed by atoms with Crippen LogP contribution in [0.5, 0.6) is 0 Å². The lowest BCUT2D eigenvalue weighted by Gasteiger charge is -2.33. The molecule has 1 aliphatic rings. The Morgan fingerprint density at radius 2 is 1.82 bits per heavy atom. The van der Waals surface area contributed by atoms with E-state index in [-0.39, 0.29) is 5.91 Å². The summed E-state index contributed by atoms with van der Waals surface area (Å²) in [5.41, 5.74) is 1.35. The highest BCUT2D eigenvalue weighted by Gasteiger charge is 2.15. The Labute approximate surface area is 132 Å². The van der Waals surface area contributed by atoms with Crippen molar-refractivity contribution in [1.29, 1.82) is 5.26 Å². The van der Waals surface area contributed by atoms with E-state index in [0.717, 1.165) is 51.4 Å². The molecule has 1 heterocycles. The number of carbonyl (C=O) groups is 1. The maximum atomic E-state index is 11.9. The predicted molar refractivity (Wildman–Crippen MR) is 87.6 cm³/mol. The van der Waals surface area contributed by atoms with Crippen molar-refractivity contribution in [3.05, 3.63) is 29.8 Å². The monoisotopic (exact) mass is 300 g/mol. The van der Waals surface area contributed by atoms with Crippen LogP contribution in [-0.4, -0.2) is 55.0 Å². The Kier molecular flexibility index (Phi) is 6.38. The van der Waals surface area contributed by atoms with Crippen molar-refractivity contribution in [1.82, 2.24) is 9.80 Å². The van der Waals surface area contributed by atoms with Gasteiger partial charge in [-0.25, -0.2) is 0 Å². The molecule has 1 N–H and O–H groups in total. The predicted octanol–water partition coefficient (Wildman–Crippen LogP) is 1.91. The Morgan fingerprint density at radius 1 is 1.18 bits per heavy atom. The Bertz CT molecular complexity index is 512. The number of nitrogens with one attached hydrogen (secondary N) is 1. The molecule has 0 bridgehead atoms. The summed E-state index contributed by atoms with van der Waals surface area (Å²) in [6, 6.07) is 9.01. The zero-order valence-electron chi connectivity index (χ0n) is 13.2. The molecule has 118 valence electrons. The topological polar surface area (TPSA) is 59.4 Å². The van der Waals surface area contributed by atoms with Crippen LogP contribution in [0.4, 0.5) is 5.69 Å². The number of likely N-dealkylation sites (N-methyl/N-ethyl adjacent to an activating group) is 1. The second-order valence-electron chi connectivity index (χ2n) is 5.62. The maximum absolute atomic E-state index is 11.9. The van der Waals surface area contributed by atoms with Gasteiger partial charge in [0.25, 0.3) is 0 Å². The average molecular weight is 300 g/mol. The van der Waals surface area contributed by atoms with Gasteiger partial charge < -0.3 is 15.1 Å². The third-order valence-electron chi connectivity index (χ3n) is 4.09. The highest BCUT2D eigenvalue weighted by atomic mass is 16.1. The van der Waals surface area contributed by atoms with Gasteiger partial charge in [0.05, 0.1) is 11.6 Å². The van der Waals surface area contributed by atoms with Crippen molar-refractivity contribution in [2.75, 3.05) is 44.6 Å². The molecule has 0 radical (unpaired) electrons. The third kappa shape index (κ3) is 5.14. The van der Waals surface area contributed by atoms with E-state index in [4.69, 9.17) is 5.26 Å². The van der Waals surface area contributed by atoms with Crippen LogP contribution in [0.3, 0.4) is 0 Å². The van der Waals surface area contributed by atoms with Gasteiger partial charge >= 0.3 is 0 Å². The Hall–Kier alpha value is -1.90. The number of hydrogen-bond donors (Lipinski definition) is 1. The van der Waals surface area contributed by atoms with Crippen LogP contribution >= 0.6 is 0 Å². The van der Waals surface area contributed by atoms with Gasteiger partial charge in [-0.3, -0.25) is 4.79 Å². The van der Waals surface area contributed by atoms with Crippen molar-refractivity contribution in [2.45, 2.75) is 19.8 Å². The molecule has 1 saturated heterocycles. The van der Waals surface area contributed by atoms with Gasteiger partial charge in [0.2, 0.25) is 5.91 Å². The molecule has 5 heteroatoms. The number of carbonyl (C=O) groups excluding carboxylic acids is 1. The number of hydrogen-bond acceptors (Lipinski definition) is 4. The summed E-state index contributed by atoms with van der Waals surface area (Å²) in [4.78, 5) is 16.8. The van der Waals surface area contributed by atoms with Crippen LogP contribution in [0.25, 0.3) is 0 Å². The second kappa shape index (κ2) is 8.52. The first-order valence-electron chi connectivity index (χ1n) is 7.96. The second-order valence-corrected chi connectivity index (χ2v) is 5.62. The molecule has 5 nitrogen and oxygen atoms in total. The van der Waals surface area contributed by atoms with E-state index in [1.165, 1.54) is 0 Å². The van der Waals surface area contributed by atoms with Gasteiger partial charge in [-0.2, -0.15) is 5.26 Å². The minimum Gasteiger partial charge on any atom is -0.326 e. The van der Waals surface area contributed by atoms with Crippen LogP contribution in [0.1, 0.15) is 25.3 Å². The first kappa shape index (κ1) is 16.5. The minimum absolute atomic E-state index is 0.0388. The SMILES string of the molecule is CCN1CCN(CCCC(=O)Nc2ccc(C#N)cc2)CC1. The molecular weight excluding hydrogens is 276 g/mol. The summed E-state index contributed by atoms with van der Waals surface area (Å²) in [7, 11) is 0. The smallest absolute Gasteiger partial charge is 0.224 e. The van der Waals surface area contributed by atoms with E-state index < -0.39 is 0 Å². The number of nitrogens with zero attached hydrogens (tertiary/aromatic N) is 3. The van der Waals surface area contributed by atoms with E-state index in [0.29, 0.717) is 12.0 Å². The van der Waals surface area contributed by atoms with Crippen LogP contribution in [-0.2, 0) is 4.79 Å². The lowest BCUT2D eigenvalue weighted by atomic mass is 10.2. The van der Waals surface area contributed by atoms with Crippen LogP contribution in [0.15, 0.2) is 24.3 Å². The number of nitriles is 1. The van der Waals surface area contributed by atoms with Crippen molar-refractivity contribution in [2.24, 2.45) is 0 Å². The van der Waals surface area contributed by atoms with Gasteiger partial charge in [0.15, 0.2) is 0 Å². The molecular formula is C17H24N4O. The standard InChI is InChI=1S/C17H24N4O/c1-2-20-10-12-21(13-11-20)9-3-4-17(22)19-16-7-5-15(14-18)6-8-16/h5-8H,2-4,9-13H2,1H3,(H,19,22). The molecule has 1 amide bonds. The number of rotatable bonds is 6. The van der Waals surface area contributed by atoms with Crippen LogP contribution in [0.2, 0.25) is 0 Å². The van der Waals surface area contributed by atoms with Crippen molar-refractivity contribution in [3.63, 3.8) is 0 Å². The normalized spacial score (nSPS) is 16.2. The first-order chi connectivity index (χ1) is 10.7. The summed E-state index contributed by atoms with van der Waals surface area (Å²) in [5.74, 6) is 0.0388. The fraction of sp³-hybridized carbons (Fsp3) is 0.529. The van der Waals surface area contributed by atoms with E-state index in [1.54, 1.807) is 24.3 Å². The summed E-state index contributed by atoms with van der Waals surface area (Å²) < 4.78 is 0. The van der Waals surface area contributed by atoms with Gasteiger partial charge in [-0.15, -0.1) is 0 Å². The molecule has 1 fully saturated rings. The number of anilines is 1. The zero-order valence-corrected chi connectivity index (χ0v) is 13.2. The molecule has 2 rings (SSSR count). The molecule has 1 aliphatic heterocycles. The lowest BCUT2D eigenvalue weighted by molar-refractivity contribution is -0.116. The number of piperazine rings is 1. The minimum atomic E-state index is 0.0388. The van der Waals surface area contributed by atoms with E-state index in [9.17, 15) is 4.79 Å². The summed E-state index contributed by atoms with van der Waals surface area (Å²) in [6.45, 7) is 8.78. The molecule has 0 unspecified atom stereocenters. The molecule has 0 spiro atoms. The number of amides is 1. The molecule has 1 aromatic carbocycles. The summed E-state index contributed by atoms with van der Waals surface area (Å²) >= 11 is 0. The van der Waals surface area contributed by atoms with Crippen molar-refractivity contribution < 1.29 is 4.79 Å². The number of benzene rings is 1. The van der Waals surface area contributed by atoms with Crippen molar-refractivity contribution in [3.8, 4) is 6.07 Å². The zero-order chi connectivity index (χ0) is 15.8. The molecule has 0 aromatic heterocycles. The van der Waals surface area contributed by atoms with E-state index in [2.05, 4.69) is 28.1 Å². The Balaban J connectivity index is 1.64. The molecule has 0 aliphatic carbocycles. The Morgan fingerprint density at radius 3 is 2.41 bits per heavy atom. The molecule has 0 atom stereocenters. The molecule has 22 heavy (non-hydrogen) atoms. The molecule has 1 aromatic rings. The largest absolute Gasteiger partial charge is 0.326 e. The van der Waals surface area contributed by atoms with Gasteiger partial charge in [0.1, 0.15) is 0 Å². The van der Waals surface area contributed by atoms with E-state index >= 15 is 0 Å². The molecule has 0 saturated carbocycles. The van der Waals surface area contributed by atoms with Crippen LogP contribution < -0.4 is 5.32 Å². The third-order valence-corrected chi connectivity index (χ3v) is 4.09. The lowest BCUT2D eigenvalue weighted by Crippen LogP contribution is -2.46. The van der Waals surface area contributed by atoms with E-state index in [1.807, 2.05) is 0 Å². The fourth-order valence-electron chi connectivity index (χ4n) is 2.64. The van der Waals surface area contributed by atoms with Crippen LogP contribution in [0, 0.1) is 11.3 Å². The quantitative estimate of drug-likeness (QED) is 0.872. The summed E-state index contributed by atoms with van der Waals surface area (Å²) in [5, 5.41) is 11.6. The van der Waals surface area contributed by atoms with Gasteiger partial charge in [-0.1, -0.05) is 6.92 Å². The van der Waals surface area contributed by atoms with Gasteiger partial charge in [0, 0.05) is 38.3 Å². The fourth-order valence-corrected chi connectivity index (χ4v) is 2.64. The van der Waals surface area contributed by atoms with Crippen molar-refractivity contribution >= 4 is 11.6 Å². The van der Waals surface area contributed by atoms with Gasteiger partial charge in [-0.05, 0) is 43.8 Å². The summed E-state index contributed by atoms with van der Waals surface area (Å²) in [6.07, 6.45) is 1.42. The highest BCUT2D eigenvalue weighted by Crippen LogP contribution is 2.10. The average Bonchev–Trinajstić information content (AvgIpc) is 2.56. The first-order valence-corrected chi connectivity index (χ1v) is 7.96. The highest BCUT2D eigenvalue weighted by molar-refractivity contribution is 5.90.